The molecule has 1 aliphatic rings. The molecule has 0 aliphatic heterocycles. The molecule has 1 aliphatic carbocycles. The highest BCUT2D eigenvalue weighted by atomic mass is 16.4. The molecule has 110 valence electrons. The van der Waals surface area contributed by atoms with Crippen molar-refractivity contribution < 1.29 is 14.7 Å². The van der Waals surface area contributed by atoms with E-state index in [0.717, 1.165) is 6.42 Å². The summed E-state index contributed by atoms with van der Waals surface area (Å²) in [6, 6.07) is -1.56. The number of rotatable bonds is 5. The lowest BCUT2D eigenvalue weighted by Crippen LogP contribution is -2.41. The lowest BCUT2D eigenvalue weighted by molar-refractivity contribution is -0.139. The van der Waals surface area contributed by atoms with Crippen molar-refractivity contribution in [2.24, 2.45) is 18.4 Å². The van der Waals surface area contributed by atoms with Crippen LogP contribution in [-0.4, -0.2) is 33.4 Å². The second-order valence-electron chi connectivity index (χ2n) is 5.96. The van der Waals surface area contributed by atoms with Gasteiger partial charge in [0.15, 0.2) is 6.04 Å². The molecule has 0 radical (unpaired) electrons. The lowest BCUT2D eigenvalue weighted by Gasteiger charge is -2.14. The van der Waals surface area contributed by atoms with Crippen LogP contribution in [0, 0.1) is 11.3 Å². The van der Waals surface area contributed by atoms with Crippen LogP contribution < -0.4 is 10.6 Å². The molecule has 0 aromatic carbocycles. The summed E-state index contributed by atoms with van der Waals surface area (Å²) in [5, 5.41) is 18.3. The van der Waals surface area contributed by atoms with Crippen molar-refractivity contribution in [3.05, 3.63) is 18.0 Å². The number of urea groups is 1. The van der Waals surface area contributed by atoms with Gasteiger partial charge in [0.1, 0.15) is 0 Å². The molecule has 1 aromatic heterocycles. The number of carbonyl (C=O) groups excluding carboxylic acids is 1. The van der Waals surface area contributed by atoms with Crippen molar-refractivity contribution in [3.63, 3.8) is 0 Å². The number of hydrogen-bond acceptors (Lipinski definition) is 3. The van der Waals surface area contributed by atoms with Gasteiger partial charge in [-0.05, 0) is 17.8 Å². The van der Waals surface area contributed by atoms with Crippen LogP contribution in [0.15, 0.2) is 12.4 Å². The third-order valence-electron chi connectivity index (χ3n) is 3.81. The van der Waals surface area contributed by atoms with Gasteiger partial charge >= 0.3 is 12.0 Å². The first-order chi connectivity index (χ1) is 9.29. The molecule has 0 bridgehead atoms. The van der Waals surface area contributed by atoms with Crippen LogP contribution in [0.1, 0.15) is 31.9 Å². The Bertz CT molecular complexity index is 523. The van der Waals surface area contributed by atoms with E-state index in [-0.39, 0.29) is 5.41 Å². The van der Waals surface area contributed by atoms with Crippen LogP contribution >= 0.6 is 0 Å². The summed E-state index contributed by atoms with van der Waals surface area (Å²) in [4.78, 5) is 23.0. The Morgan fingerprint density at radius 3 is 2.70 bits per heavy atom. The first kappa shape index (κ1) is 14.4. The predicted molar refractivity (Wildman–Crippen MR) is 72.0 cm³/mol. The maximum Gasteiger partial charge on any atom is 0.331 e. The summed E-state index contributed by atoms with van der Waals surface area (Å²) >= 11 is 0. The summed E-state index contributed by atoms with van der Waals surface area (Å²) in [6.07, 6.45) is 4.09. The summed E-state index contributed by atoms with van der Waals surface area (Å²) in [5.41, 5.74) is 0.727. The fourth-order valence-corrected chi connectivity index (χ4v) is 2.20. The molecule has 2 unspecified atom stereocenters. The molecule has 7 nitrogen and oxygen atoms in total. The van der Waals surface area contributed by atoms with Crippen molar-refractivity contribution >= 4 is 12.0 Å². The average Bonchev–Trinajstić information content (AvgIpc) is 2.75. The van der Waals surface area contributed by atoms with Crippen LogP contribution in [0.2, 0.25) is 0 Å². The Hall–Kier alpha value is -2.05. The van der Waals surface area contributed by atoms with Gasteiger partial charge in [0.05, 0.1) is 6.20 Å². The van der Waals surface area contributed by atoms with Gasteiger partial charge in [-0.15, -0.1) is 0 Å². The maximum absolute atomic E-state index is 11.8. The molecule has 3 N–H and O–H groups in total. The molecule has 2 amide bonds. The minimum atomic E-state index is -1.11. The van der Waals surface area contributed by atoms with Gasteiger partial charge in [0.2, 0.25) is 0 Å². The topological polar surface area (TPSA) is 96.2 Å². The van der Waals surface area contributed by atoms with Crippen LogP contribution in [0.3, 0.4) is 0 Å². The van der Waals surface area contributed by atoms with E-state index in [1.807, 2.05) is 0 Å². The van der Waals surface area contributed by atoms with Gasteiger partial charge in [0.25, 0.3) is 0 Å². The fourth-order valence-electron chi connectivity index (χ4n) is 2.20. The van der Waals surface area contributed by atoms with Crippen LogP contribution in [0.4, 0.5) is 4.79 Å². The second-order valence-corrected chi connectivity index (χ2v) is 5.96. The first-order valence-electron chi connectivity index (χ1n) is 6.55. The predicted octanol–water partition coefficient (Wildman–Crippen LogP) is 0.891. The number of aromatic nitrogens is 2. The van der Waals surface area contributed by atoms with Crippen molar-refractivity contribution in [1.82, 2.24) is 20.4 Å². The quantitative estimate of drug-likeness (QED) is 0.746. The number of carboxylic acid groups (broad SMARTS) is 1. The molecule has 2 rings (SSSR count). The second kappa shape index (κ2) is 5.15. The van der Waals surface area contributed by atoms with Crippen LogP contribution in [0.5, 0.6) is 0 Å². The average molecular weight is 280 g/mol. The summed E-state index contributed by atoms with van der Waals surface area (Å²) in [7, 11) is 1.69. The number of hydrogen-bond donors (Lipinski definition) is 3. The maximum atomic E-state index is 11.8. The summed E-state index contributed by atoms with van der Waals surface area (Å²) in [6.45, 7) is 4.86. The highest BCUT2D eigenvalue weighted by Gasteiger charge is 2.45. The number of nitrogens with one attached hydrogen (secondary N) is 2. The van der Waals surface area contributed by atoms with Crippen molar-refractivity contribution in [1.29, 1.82) is 0 Å². The Morgan fingerprint density at radius 1 is 1.60 bits per heavy atom. The van der Waals surface area contributed by atoms with Gasteiger partial charge in [-0.25, -0.2) is 9.59 Å². The molecule has 7 heteroatoms. The van der Waals surface area contributed by atoms with E-state index in [2.05, 4.69) is 29.6 Å². The van der Waals surface area contributed by atoms with Gasteiger partial charge in [-0.3, -0.25) is 4.68 Å². The van der Waals surface area contributed by atoms with E-state index in [1.165, 1.54) is 10.9 Å². The molecule has 0 spiro atoms. The van der Waals surface area contributed by atoms with Gasteiger partial charge in [-0.2, -0.15) is 5.10 Å². The molecule has 1 fully saturated rings. The lowest BCUT2D eigenvalue weighted by atomic mass is 10.1. The van der Waals surface area contributed by atoms with Crippen molar-refractivity contribution in [2.75, 3.05) is 6.54 Å². The number of carboxylic acids is 1. The van der Waals surface area contributed by atoms with Gasteiger partial charge in [-0.1, -0.05) is 13.8 Å². The minimum absolute atomic E-state index is 0.281. The van der Waals surface area contributed by atoms with Gasteiger partial charge < -0.3 is 15.7 Å². The summed E-state index contributed by atoms with van der Waals surface area (Å²) in [5.74, 6) is -0.644. The van der Waals surface area contributed by atoms with Crippen LogP contribution in [-0.2, 0) is 11.8 Å². The smallest absolute Gasteiger partial charge is 0.331 e. The molecule has 20 heavy (non-hydrogen) atoms. The van der Waals surface area contributed by atoms with E-state index >= 15 is 0 Å². The molecule has 0 saturated heterocycles. The van der Waals surface area contributed by atoms with Crippen molar-refractivity contribution in [3.8, 4) is 0 Å². The number of nitrogens with zero attached hydrogens (tertiary/aromatic N) is 2. The third-order valence-corrected chi connectivity index (χ3v) is 3.81. The molecule has 1 heterocycles. The number of carbonyl (C=O) groups is 2. The van der Waals surface area contributed by atoms with Gasteiger partial charge in [0, 0.05) is 25.4 Å². The Kier molecular flexibility index (Phi) is 3.69. The number of aliphatic carboxylic acids is 1. The molecule has 2 atom stereocenters. The highest BCUT2D eigenvalue weighted by Crippen LogP contribution is 2.50. The molecule has 1 saturated carbocycles. The first-order valence-corrected chi connectivity index (χ1v) is 6.55. The normalized spacial score (nSPS) is 21.1. The third kappa shape index (κ3) is 3.28. The Labute approximate surface area is 117 Å². The number of amides is 2. The highest BCUT2D eigenvalue weighted by molar-refractivity contribution is 5.83. The fraction of sp³-hybridized carbons (Fsp3) is 0.615. The zero-order valence-electron chi connectivity index (χ0n) is 11.9. The van der Waals surface area contributed by atoms with E-state index in [9.17, 15) is 14.7 Å². The van der Waals surface area contributed by atoms with E-state index in [1.54, 1.807) is 13.2 Å². The number of aryl methyl sites for hydroxylation is 1. The van der Waals surface area contributed by atoms with Crippen LogP contribution in [0.25, 0.3) is 0 Å². The summed E-state index contributed by atoms with van der Waals surface area (Å²) < 4.78 is 1.50. The van der Waals surface area contributed by atoms with Crippen molar-refractivity contribution in [2.45, 2.75) is 26.3 Å². The standard InChI is InChI=1S/C13H20N4O3/c1-13(2)4-9(13)6-14-12(20)16-10(11(18)19)8-5-15-17(3)7-8/h5,7,9-10H,4,6H2,1-3H3,(H,18,19)(H2,14,16,20). The molecular weight excluding hydrogens is 260 g/mol. The zero-order valence-corrected chi connectivity index (χ0v) is 11.9. The zero-order chi connectivity index (χ0) is 14.9. The molecule has 1 aromatic rings. The van der Waals surface area contributed by atoms with E-state index in [0.29, 0.717) is 18.0 Å². The van der Waals surface area contributed by atoms with E-state index in [4.69, 9.17) is 0 Å². The monoisotopic (exact) mass is 280 g/mol. The Morgan fingerprint density at radius 2 is 2.25 bits per heavy atom. The SMILES string of the molecule is Cn1cc(C(NC(=O)NCC2CC2(C)C)C(=O)O)cn1. The Balaban J connectivity index is 1.88. The largest absolute Gasteiger partial charge is 0.479 e. The van der Waals surface area contributed by atoms with E-state index < -0.39 is 18.0 Å². The minimum Gasteiger partial charge on any atom is -0.479 e. The molecular formula is C13H20N4O3.